The number of hydrogen-bond donors (Lipinski definition) is 5. The molecular formula is C63H63N19O15S5. The smallest absolute Gasteiger partial charge is 0.334 e. The molecule has 0 saturated carbocycles. The summed E-state index contributed by atoms with van der Waals surface area (Å²) in [5.74, 6) is -2.52. The van der Waals surface area contributed by atoms with Crippen molar-refractivity contribution in [1.82, 2.24) is 34.7 Å². The van der Waals surface area contributed by atoms with E-state index in [1.54, 1.807) is 24.3 Å². The molecule has 4 aliphatic rings. The number of azo groups is 2. The van der Waals surface area contributed by atoms with Gasteiger partial charge < -0.3 is 59.1 Å². The Labute approximate surface area is 596 Å². The first-order valence-corrected chi connectivity index (χ1v) is 36.7. The number of imide groups is 2. The predicted molar refractivity (Wildman–Crippen MR) is 378 cm³/mol. The lowest BCUT2D eigenvalue weighted by molar-refractivity contribution is 0.0695. The maximum atomic E-state index is 13.8. The number of ether oxygens (including phenoxy) is 4. The highest BCUT2D eigenvalue weighted by Gasteiger charge is 2.44. The molecule has 34 nitrogen and oxygen atoms in total. The lowest BCUT2D eigenvalue weighted by Crippen LogP contribution is -2.36. The number of allylic oxidation sites excluding steroid dienone is 1. The summed E-state index contributed by atoms with van der Waals surface area (Å²) < 4.78 is 90.5. The van der Waals surface area contributed by atoms with Gasteiger partial charge in [0.15, 0.2) is 5.16 Å². The van der Waals surface area contributed by atoms with E-state index in [9.17, 15) is 55.5 Å². The van der Waals surface area contributed by atoms with Crippen molar-refractivity contribution in [3.8, 4) is 17.6 Å². The number of thiazole rings is 2. The molecule has 0 radical (unpaired) electrons. The SMILES string of the molecule is [C-]#[N+]/C(=C\c1sc(/N=N/c2cc(OC)c(N(CC)CC)cc2Nc2nc(Nc3cc(N(CC)CC)c(OC)cc3/N=N/c3nc(N4CCOCC4)c(/C=C(\C#N)N4C(=O)c5ccc(S(=O)(=O)O)cc5C4=O)s3)nc(SCCO)n2)nc1N1CCOCC1)N1C(=O)c2ccc(S(=O)(=O)O)cc2C1=O. The van der Waals surface area contributed by atoms with Gasteiger partial charge in [0.25, 0.3) is 32.1 Å². The highest BCUT2D eigenvalue weighted by Crippen LogP contribution is 2.45. The average Bonchev–Trinajstić information content (AvgIpc) is 1.62. The topological polar surface area (TPSA) is 420 Å². The van der Waals surface area contributed by atoms with E-state index < -0.39 is 65.2 Å². The molecular weight excluding hydrogens is 1420 g/mol. The van der Waals surface area contributed by atoms with Crippen molar-refractivity contribution in [1.29, 1.82) is 5.26 Å². The van der Waals surface area contributed by atoms with Crippen LogP contribution in [0.5, 0.6) is 11.5 Å². The van der Waals surface area contributed by atoms with E-state index in [0.29, 0.717) is 144 Å². The molecule has 2 fully saturated rings. The van der Waals surface area contributed by atoms with Crippen LogP contribution in [0.15, 0.2) is 108 Å². The van der Waals surface area contributed by atoms with Crippen molar-refractivity contribution in [2.75, 3.05) is 136 Å². The molecule has 0 spiro atoms. The first-order valence-electron chi connectivity index (χ1n) is 31.2. The lowest BCUT2D eigenvalue weighted by Gasteiger charge is -2.27. The van der Waals surface area contributed by atoms with Gasteiger partial charge in [0.2, 0.25) is 28.0 Å². The first kappa shape index (κ1) is 72.8. The standard InChI is InChI=1S/C63H63N19O15S5/c1-8-77(9-2)46-29-42(44(31-48(46)94-6)73-75-62-68-53(79-16-21-96-22-17-79)50(99-62)26-35(34-64)81-55(84)38-14-12-36(101(88,89)90)27-40(38)57(81)86)66-59-70-60(72-61(71-59)98-25-20-83)67-43-30-47(78(10-3)11-4)49(95-7)32-45(43)74-76-63-69-54(80-18-23-97-24-19-80)51(100-63)33-52(65-5)82-56(85)39-15-13-37(102(91,92)93)28-41(39)58(82)87/h12-15,26-33,83H,8-11,16-25H2,1-4,6-7H3,(H,88,89,90)(H,91,92,93)(H2,66,67,70,71,72)/b35-26+,52-33+,75-73+,76-74+. The number of nitrogens with zero attached hydrogens (tertiary/aromatic N) is 17. The number of aliphatic hydroxyl groups is 1. The number of methoxy groups -OCH3 is 2. The molecule has 3 aromatic heterocycles. The van der Waals surface area contributed by atoms with Gasteiger partial charge in [0, 0.05) is 70.2 Å². The molecule has 0 aliphatic carbocycles. The molecule has 0 bridgehead atoms. The largest absolute Gasteiger partial charge is 0.494 e. The number of anilines is 8. The van der Waals surface area contributed by atoms with E-state index in [4.69, 9.17) is 60.7 Å². The fourth-order valence-corrected chi connectivity index (χ4v) is 14.4. The summed E-state index contributed by atoms with van der Waals surface area (Å²) in [6.07, 6.45) is 2.62. The number of nitrogens with one attached hydrogen (secondary N) is 2. The Bertz CT molecular complexity index is 4640. The average molecular weight is 1490 g/mol. The number of rotatable bonds is 27. The lowest BCUT2D eigenvalue weighted by atomic mass is 10.1. The third-order valence-electron chi connectivity index (χ3n) is 16.1. The number of carbonyl (C=O) groups is 4. The summed E-state index contributed by atoms with van der Waals surface area (Å²) in [6.45, 7) is 20.9. The van der Waals surface area contributed by atoms with Crippen molar-refractivity contribution >= 4 is 158 Å². The molecule has 102 heavy (non-hydrogen) atoms. The van der Waals surface area contributed by atoms with Crippen LogP contribution >= 0.6 is 34.4 Å². The fourth-order valence-electron chi connectivity index (χ4n) is 11.2. The second-order valence-corrected chi connectivity index (χ2v) is 27.9. The zero-order valence-corrected chi connectivity index (χ0v) is 59.3. The van der Waals surface area contributed by atoms with Crippen LogP contribution in [0.25, 0.3) is 17.0 Å². The van der Waals surface area contributed by atoms with E-state index >= 15 is 0 Å². The molecule has 7 heterocycles. The zero-order valence-electron chi connectivity index (χ0n) is 55.2. The van der Waals surface area contributed by atoms with Crippen LogP contribution in [0.1, 0.15) is 78.9 Å². The van der Waals surface area contributed by atoms with Gasteiger partial charge in [-0.25, -0.2) is 14.5 Å². The van der Waals surface area contributed by atoms with Gasteiger partial charge in [-0.1, -0.05) is 41.0 Å². The third kappa shape index (κ3) is 15.4. The van der Waals surface area contributed by atoms with Crippen LogP contribution in [-0.4, -0.2) is 195 Å². The van der Waals surface area contributed by atoms with Crippen molar-refractivity contribution < 1.29 is 69.2 Å². The van der Waals surface area contributed by atoms with Crippen molar-refractivity contribution in [2.45, 2.75) is 42.6 Å². The third-order valence-corrected chi connectivity index (χ3v) is 20.4. The minimum absolute atomic E-state index is 0.00848. The van der Waals surface area contributed by atoms with Gasteiger partial charge in [-0.2, -0.15) is 51.9 Å². The molecule has 0 unspecified atom stereocenters. The van der Waals surface area contributed by atoms with Crippen LogP contribution in [0.2, 0.25) is 0 Å². The number of thioether (sulfide) groups is 1. The maximum Gasteiger partial charge on any atom is 0.334 e. The Hall–Kier alpha value is -10.5. The Balaban J connectivity index is 0.964. The summed E-state index contributed by atoms with van der Waals surface area (Å²) in [5, 5.41) is 46.2. The molecule has 11 rings (SSSR count). The normalized spacial score (nSPS) is 15.2. The van der Waals surface area contributed by atoms with E-state index in [2.05, 4.69) is 25.7 Å². The van der Waals surface area contributed by atoms with E-state index in [-0.39, 0.29) is 73.3 Å². The number of aliphatic hydroxyl groups excluding tert-OH is 1. The molecule has 2 saturated heterocycles. The number of morpholine rings is 2. The summed E-state index contributed by atoms with van der Waals surface area (Å²) in [5.41, 5.74) is 0.914. The van der Waals surface area contributed by atoms with Crippen LogP contribution in [0, 0.1) is 17.9 Å². The van der Waals surface area contributed by atoms with E-state index in [1.807, 2.05) is 53.4 Å². The van der Waals surface area contributed by atoms with Crippen LogP contribution < -0.4 is 39.7 Å². The quantitative estimate of drug-likeness (QED) is 0.00798. The number of amides is 4. The Kier molecular flexibility index (Phi) is 22.3. The minimum atomic E-state index is -4.76. The van der Waals surface area contributed by atoms with Gasteiger partial charge in [0.05, 0.1) is 112 Å². The molecule has 530 valence electrons. The molecule has 0 atom stereocenters. The molecule has 39 heteroatoms. The highest BCUT2D eigenvalue weighted by molar-refractivity contribution is 7.99. The molecule has 5 N–H and O–H groups in total. The Morgan fingerprint density at radius 1 is 0.647 bits per heavy atom. The van der Waals surface area contributed by atoms with E-state index in [0.717, 1.165) is 70.8 Å². The number of fused-ring (bicyclic) bond motifs is 2. The molecule has 4 aliphatic heterocycles. The summed E-state index contributed by atoms with van der Waals surface area (Å²) in [7, 11) is -6.50. The second kappa shape index (κ2) is 31.2. The molecule has 7 aromatic rings. The van der Waals surface area contributed by atoms with Crippen molar-refractivity contribution in [3.63, 3.8) is 0 Å². The van der Waals surface area contributed by atoms with Crippen molar-refractivity contribution in [2.24, 2.45) is 20.5 Å². The number of aromatic nitrogens is 5. The number of hydrogen-bond acceptors (Lipinski definition) is 32. The van der Waals surface area contributed by atoms with Crippen LogP contribution in [0.3, 0.4) is 0 Å². The van der Waals surface area contributed by atoms with Gasteiger partial charge >= 0.3 is 11.8 Å². The van der Waals surface area contributed by atoms with Crippen molar-refractivity contribution in [3.05, 3.63) is 116 Å². The molecule has 4 aromatic carbocycles. The Morgan fingerprint density at radius 3 is 1.49 bits per heavy atom. The monoisotopic (exact) mass is 1490 g/mol. The molecule has 4 amide bonds. The number of benzene rings is 4. The number of carbonyl (C=O) groups excluding carboxylic acids is 4. The predicted octanol–water partition coefficient (Wildman–Crippen LogP) is 9.74. The summed E-state index contributed by atoms with van der Waals surface area (Å²) in [6, 6.07) is 14.7. The summed E-state index contributed by atoms with van der Waals surface area (Å²) in [4.78, 5) is 91.2. The zero-order chi connectivity index (χ0) is 72.7. The van der Waals surface area contributed by atoms with Gasteiger partial charge in [-0.3, -0.25) is 18.7 Å². The van der Waals surface area contributed by atoms with Gasteiger partial charge in [0.1, 0.15) is 46.3 Å². The van der Waals surface area contributed by atoms with Gasteiger partial charge in [-0.05, 0) is 88.4 Å². The van der Waals surface area contributed by atoms with Gasteiger partial charge in [-0.15, -0.1) is 20.5 Å². The summed E-state index contributed by atoms with van der Waals surface area (Å²) >= 11 is 3.11. The number of nitriles is 1. The first-order chi connectivity index (χ1) is 49.0. The second-order valence-electron chi connectivity index (χ2n) is 22.0. The van der Waals surface area contributed by atoms with Crippen LogP contribution in [-0.2, 0) is 29.7 Å². The Morgan fingerprint density at radius 2 is 1.08 bits per heavy atom. The van der Waals surface area contributed by atoms with Crippen LogP contribution in [0.4, 0.5) is 67.9 Å². The maximum absolute atomic E-state index is 13.8. The highest BCUT2D eigenvalue weighted by atomic mass is 32.2. The minimum Gasteiger partial charge on any atom is -0.494 e. The fraction of sp³-hybridized carbons (Fsp3) is 0.317. The van der Waals surface area contributed by atoms with E-state index in [1.165, 1.54) is 26.4 Å².